The van der Waals surface area contributed by atoms with Crippen LogP contribution in [-0.2, 0) is 26.0 Å². The largest absolute Gasteiger partial charge is 0.484 e. The highest BCUT2D eigenvalue weighted by atomic mass is 32.2. The molecule has 0 bridgehead atoms. The molecule has 1 atom stereocenters. The maximum absolute atomic E-state index is 12.7. The molecule has 0 aromatic heterocycles. The van der Waals surface area contributed by atoms with Crippen LogP contribution in [0, 0.1) is 0 Å². The molecule has 1 aliphatic heterocycles. The summed E-state index contributed by atoms with van der Waals surface area (Å²) in [7, 11) is -1.73. The Morgan fingerprint density at radius 2 is 1.84 bits per heavy atom. The molecule has 2 aromatic carbocycles. The van der Waals surface area contributed by atoms with Gasteiger partial charge in [0.25, 0.3) is 5.91 Å². The first-order valence-corrected chi connectivity index (χ1v) is 12.0. The molecule has 0 radical (unpaired) electrons. The van der Waals surface area contributed by atoms with E-state index in [1.54, 1.807) is 17.0 Å². The Labute approximate surface area is 183 Å². The standard InChI is InChI=1S/C23H28N2O5S/c1-24(22-8-4-6-18-5-2-3-7-21(18)22)23(26)17-30-19-9-11-20(12-10-19)31(27,28)25-13-15-29-16-14-25/h2-3,5,7,9-12,22H,4,6,8,13-17H2,1H3. The van der Waals surface area contributed by atoms with E-state index in [1.165, 1.54) is 27.6 Å². The van der Waals surface area contributed by atoms with Crippen LogP contribution in [-0.4, -0.2) is 63.5 Å². The third kappa shape index (κ3) is 4.76. The molecule has 1 amide bonds. The van der Waals surface area contributed by atoms with Crippen molar-refractivity contribution in [1.82, 2.24) is 9.21 Å². The molecule has 1 fully saturated rings. The van der Waals surface area contributed by atoms with Crippen molar-refractivity contribution >= 4 is 15.9 Å². The number of carbonyl (C=O) groups excluding carboxylic acids is 1. The number of benzene rings is 2. The predicted molar refractivity (Wildman–Crippen MR) is 116 cm³/mol. The van der Waals surface area contributed by atoms with Gasteiger partial charge in [-0.05, 0) is 54.7 Å². The number of carbonyl (C=O) groups is 1. The molecule has 2 aliphatic rings. The molecule has 1 saturated heterocycles. The van der Waals surface area contributed by atoms with Crippen LogP contribution >= 0.6 is 0 Å². The van der Waals surface area contributed by atoms with Crippen molar-refractivity contribution in [3.63, 3.8) is 0 Å². The highest BCUT2D eigenvalue weighted by Gasteiger charge is 2.28. The second-order valence-electron chi connectivity index (χ2n) is 7.89. The molecule has 1 unspecified atom stereocenters. The van der Waals surface area contributed by atoms with Gasteiger partial charge in [-0.1, -0.05) is 24.3 Å². The number of rotatable bonds is 6. The smallest absolute Gasteiger partial charge is 0.260 e. The van der Waals surface area contributed by atoms with E-state index in [1.807, 2.05) is 19.2 Å². The van der Waals surface area contributed by atoms with Gasteiger partial charge in [-0.25, -0.2) is 8.42 Å². The summed E-state index contributed by atoms with van der Waals surface area (Å²) in [6.45, 7) is 1.42. The number of fused-ring (bicyclic) bond motifs is 1. The van der Waals surface area contributed by atoms with E-state index >= 15 is 0 Å². The Balaban J connectivity index is 1.37. The summed E-state index contributed by atoms with van der Waals surface area (Å²) in [6, 6.07) is 14.6. The molecule has 1 aliphatic carbocycles. The number of nitrogens with zero attached hydrogens (tertiary/aromatic N) is 2. The summed E-state index contributed by atoms with van der Waals surface area (Å²) < 4.78 is 37.7. The van der Waals surface area contributed by atoms with E-state index in [2.05, 4.69) is 12.1 Å². The Morgan fingerprint density at radius 3 is 2.58 bits per heavy atom. The monoisotopic (exact) mass is 444 g/mol. The number of hydrogen-bond donors (Lipinski definition) is 0. The van der Waals surface area contributed by atoms with E-state index in [9.17, 15) is 13.2 Å². The Hall–Kier alpha value is -2.42. The lowest BCUT2D eigenvalue weighted by atomic mass is 9.87. The lowest BCUT2D eigenvalue weighted by Crippen LogP contribution is -2.40. The molecule has 31 heavy (non-hydrogen) atoms. The van der Waals surface area contributed by atoms with Gasteiger partial charge in [0.05, 0.1) is 24.2 Å². The predicted octanol–water partition coefficient (Wildman–Crippen LogP) is 2.62. The summed E-state index contributed by atoms with van der Waals surface area (Å²) in [6.07, 6.45) is 3.04. The number of likely N-dealkylation sites (N-methyl/N-ethyl adjacent to an activating group) is 1. The maximum Gasteiger partial charge on any atom is 0.260 e. The molecule has 1 heterocycles. The molecule has 0 spiro atoms. The molecule has 7 nitrogen and oxygen atoms in total. The molecular formula is C23H28N2O5S. The zero-order valence-electron chi connectivity index (χ0n) is 17.7. The number of hydrogen-bond acceptors (Lipinski definition) is 5. The van der Waals surface area contributed by atoms with Gasteiger partial charge in [-0.2, -0.15) is 4.31 Å². The maximum atomic E-state index is 12.7. The van der Waals surface area contributed by atoms with Crippen LogP contribution in [0.4, 0.5) is 0 Å². The van der Waals surface area contributed by atoms with Crippen LogP contribution < -0.4 is 4.74 Å². The molecule has 0 saturated carbocycles. The van der Waals surface area contributed by atoms with Gasteiger partial charge in [0, 0.05) is 20.1 Å². The number of amides is 1. The van der Waals surface area contributed by atoms with Crippen LogP contribution in [0.5, 0.6) is 5.75 Å². The average Bonchev–Trinajstić information content (AvgIpc) is 2.82. The topological polar surface area (TPSA) is 76.2 Å². The normalized spacial score (nSPS) is 19.5. The SMILES string of the molecule is CN(C(=O)COc1ccc(S(=O)(=O)N2CCOCC2)cc1)C1CCCc2ccccc21. The lowest BCUT2D eigenvalue weighted by Gasteiger charge is -2.33. The van der Waals surface area contributed by atoms with Gasteiger partial charge in [0.15, 0.2) is 6.61 Å². The van der Waals surface area contributed by atoms with Gasteiger partial charge in [0.2, 0.25) is 10.0 Å². The van der Waals surface area contributed by atoms with Gasteiger partial charge >= 0.3 is 0 Å². The van der Waals surface area contributed by atoms with E-state index in [0.29, 0.717) is 32.1 Å². The van der Waals surface area contributed by atoms with E-state index < -0.39 is 10.0 Å². The molecule has 0 N–H and O–H groups in total. The van der Waals surface area contributed by atoms with Crippen LogP contribution in [0.2, 0.25) is 0 Å². The highest BCUT2D eigenvalue weighted by molar-refractivity contribution is 7.89. The third-order valence-electron chi connectivity index (χ3n) is 5.99. The first-order chi connectivity index (χ1) is 15.0. The van der Waals surface area contributed by atoms with E-state index in [0.717, 1.165) is 19.3 Å². The zero-order valence-corrected chi connectivity index (χ0v) is 18.5. The molecule has 166 valence electrons. The fourth-order valence-electron chi connectivity index (χ4n) is 4.20. The minimum absolute atomic E-state index is 0.0575. The second kappa shape index (κ2) is 9.38. The summed E-state index contributed by atoms with van der Waals surface area (Å²) in [5.74, 6) is 0.360. The van der Waals surface area contributed by atoms with Crippen molar-refractivity contribution in [3.05, 3.63) is 59.7 Å². The fourth-order valence-corrected chi connectivity index (χ4v) is 5.60. The molecular weight excluding hydrogens is 416 g/mol. The number of ether oxygens (including phenoxy) is 2. The minimum Gasteiger partial charge on any atom is -0.484 e. The Morgan fingerprint density at radius 1 is 1.13 bits per heavy atom. The van der Waals surface area contributed by atoms with Crippen molar-refractivity contribution in [2.75, 3.05) is 40.0 Å². The summed E-state index contributed by atoms with van der Waals surface area (Å²) in [5.41, 5.74) is 2.51. The van der Waals surface area contributed by atoms with Crippen molar-refractivity contribution < 1.29 is 22.7 Å². The van der Waals surface area contributed by atoms with E-state index in [4.69, 9.17) is 9.47 Å². The van der Waals surface area contributed by atoms with Gasteiger partial charge in [0.1, 0.15) is 5.75 Å². The van der Waals surface area contributed by atoms with Crippen molar-refractivity contribution in [3.8, 4) is 5.75 Å². The van der Waals surface area contributed by atoms with Crippen molar-refractivity contribution in [1.29, 1.82) is 0 Å². The molecule has 2 aromatic rings. The summed E-state index contributed by atoms with van der Waals surface area (Å²) >= 11 is 0. The quantitative estimate of drug-likeness (QED) is 0.685. The van der Waals surface area contributed by atoms with Gasteiger partial charge in [-0.3, -0.25) is 4.79 Å². The van der Waals surface area contributed by atoms with E-state index in [-0.39, 0.29) is 23.5 Å². The Bertz CT molecular complexity index is 1020. The highest BCUT2D eigenvalue weighted by Crippen LogP contribution is 2.33. The van der Waals surface area contributed by atoms with Crippen LogP contribution in [0.25, 0.3) is 0 Å². The van der Waals surface area contributed by atoms with Gasteiger partial charge in [-0.15, -0.1) is 0 Å². The Kier molecular flexibility index (Phi) is 6.60. The zero-order chi connectivity index (χ0) is 21.8. The minimum atomic E-state index is -3.54. The van der Waals surface area contributed by atoms with Crippen molar-refractivity contribution in [2.24, 2.45) is 0 Å². The second-order valence-corrected chi connectivity index (χ2v) is 9.83. The number of sulfonamides is 1. The summed E-state index contributed by atoms with van der Waals surface area (Å²) in [4.78, 5) is 14.7. The van der Waals surface area contributed by atoms with Crippen molar-refractivity contribution in [2.45, 2.75) is 30.2 Å². The molecule has 8 heteroatoms. The van der Waals surface area contributed by atoms with Crippen LogP contribution in [0.1, 0.15) is 30.0 Å². The number of morpholine rings is 1. The average molecular weight is 445 g/mol. The summed E-state index contributed by atoms with van der Waals surface area (Å²) in [5, 5.41) is 0. The first-order valence-electron chi connectivity index (χ1n) is 10.6. The van der Waals surface area contributed by atoms with Crippen LogP contribution in [0.15, 0.2) is 53.4 Å². The first kappa shape index (κ1) is 21.8. The number of aryl methyl sites for hydroxylation is 1. The third-order valence-corrected chi connectivity index (χ3v) is 7.91. The lowest BCUT2D eigenvalue weighted by molar-refractivity contribution is -0.134. The fraction of sp³-hybridized carbons (Fsp3) is 0.435. The van der Waals surface area contributed by atoms with Crippen LogP contribution in [0.3, 0.4) is 0 Å². The molecule has 4 rings (SSSR count). The van der Waals surface area contributed by atoms with Gasteiger partial charge < -0.3 is 14.4 Å².